The third kappa shape index (κ3) is 5.36. The van der Waals surface area contributed by atoms with Gasteiger partial charge in [0.25, 0.3) is 0 Å². The number of nitrogens with zero attached hydrogens (tertiary/aromatic N) is 1. The summed E-state index contributed by atoms with van der Waals surface area (Å²) >= 11 is 7.40. The Morgan fingerprint density at radius 2 is 1.77 bits per heavy atom. The molecule has 22 heavy (non-hydrogen) atoms. The molecule has 0 spiro atoms. The number of nitrogens with one attached hydrogen (secondary N) is 1. The second kappa shape index (κ2) is 7.82. The van der Waals surface area contributed by atoms with E-state index < -0.39 is 8.24 Å². The van der Waals surface area contributed by atoms with Gasteiger partial charge in [-0.1, -0.05) is 54.8 Å². The van der Waals surface area contributed by atoms with Crippen LogP contribution < -0.4 is 4.98 Å². The summed E-state index contributed by atoms with van der Waals surface area (Å²) in [6.07, 6.45) is 6.88. The van der Waals surface area contributed by atoms with Gasteiger partial charge in [-0.3, -0.25) is 4.90 Å². The first-order valence-electron chi connectivity index (χ1n) is 8.22. The summed E-state index contributed by atoms with van der Waals surface area (Å²) in [6.45, 7) is 8.04. The summed E-state index contributed by atoms with van der Waals surface area (Å²) in [5.74, 6) is 0. The Labute approximate surface area is 153 Å². The van der Waals surface area contributed by atoms with E-state index in [9.17, 15) is 0 Å². The van der Waals surface area contributed by atoms with Gasteiger partial charge in [-0.15, -0.1) is 0 Å². The standard InChI is InChI=1S/C17H28Br2N2Si/c1-21(15-8-6-5-7-9-15)12-13-10-14(18)11-16(19)17(13)20-22(2,3)4/h10-11,15,20H,5-9,12H2,1-4H3. The molecule has 0 atom stereocenters. The van der Waals surface area contributed by atoms with Crippen molar-refractivity contribution in [3.8, 4) is 0 Å². The molecule has 0 unspecified atom stereocenters. The number of benzene rings is 1. The van der Waals surface area contributed by atoms with Gasteiger partial charge in [-0.05, 0) is 53.5 Å². The van der Waals surface area contributed by atoms with Crippen molar-refractivity contribution in [2.24, 2.45) is 0 Å². The molecule has 1 aliphatic carbocycles. The first kappa shape index (κ1) is 18.5. The van der Waals surface area contributed by atoms with E-state index >= 15 is 0 Å². The van der Waals surface area contributed by atoms with Crippen LogP contribution in [0.1, 0.15) is 37.7 Å². The third-order valence-electron chi connectivity index (χ3n) is 4.25. The largest absolute Gasteiger partial charge is 0.410 e. The highest BCUT2D eigenvalue weighted by Crippen LogP contribution is 2.34. The minimum Gasteiger partial charge on any atom is -0.410 e. The molecule has 2 nitrogen and oxygen atoms in total. The molecule has 1 saturated carbocycles. The molecule has 1 aliphatic rings. The first-order chi connectivity index (χ1) is 10.3. The summed E-state index contributed by atoms with van der Waals surface area (Å²) in [6, 6.07) is 5.16. The number of halogens is 2. The van der Waals surface area contributed by atoms with E-state index in [1.54, 1.807) is 0 Å². The SMILES string of the molecule is CN(Cc1cc(Br)cc(Br)c1N[Si](C)(C)C)C1CCCCC1. The lowest BCUT2D eigenvalue weighted by Crippen LogP contribution is -2.35. The molecule has 1 aromatic carbocycles. The zero-order valence-electron chi connectivity index (χ0n) is 14.2. The van der Waals surface area contributed by atoms with Crippen LogP contribution in [0.4, 0.5) is 5.69 Å². The molecule has 0 aromatic heterocycles. The van der Waals surface area contributed by atoms with E-state index in [2.05, 4.69) is 80.6 Å². The van der Waals surface area contributed by atoms with Crippen molar-refractivity contribution in [2.75, 3.05) is 12.0 Å². The van der Waals surface area contributed by atoms with Crippen LogP contribution in [0, 0.1) is 0 Å². The predicted molar refractivity (Wildman–Crippen MR) is 107 cm³/mol. The molecule has 1 N–H and O–H groups in total. The van der Waals surface area contributed by atoms with E-state index in [1.165, 1.54) is 43.4 Å². The second-order valence-electron chi connectivity index (χ2n) is 7.50. The van der Waals surface area contributed by atoms with E-state index in [0.717, 1.165) is 21.5 Å². The lowest BCUT2D eigenvalue weighted by atomic mass is 9.94. The van der Waals surface area contributed by atoms with Crippen molar-refractivity contribution in [3.63, 3.8) is 0 Å². The van der Waals surface area contributed by atoms with E-state index in [1.807, 2.05) is 0 Å². The maximum absolute atomic E-state index is 3.80. The summed E-state index contributed by atoms with van der Waals surface area (Å²) in [4.78, 5) is 6.34. The Hall–Kier alpha value is 0.157. The zero-order valence-corrected chi connectivity index (χ0v) is 18.3. The third-order valence-corrected chi connectivity index (χ3v) is 6.34. The molecule has 124 valence electrons. The molecular formula is C17H28Br2N2Si. The maximum Gasteiger partial charge on any atom is 0.144 e. The molecule has 0 radical (unpaired) electrons. The maximum atomic E-state index is 3.80. The van der Waals surface area contributed by atoms with Gasteiger partial charge in [0.05, 0.1) is 0 Å². The molecule has 0 bridgehead atoms. The fourth-order valence-electron chi connectivity index (χ4n) is 3.19. The van der Waals surface area contributed by atoms with Crippen molar-refractivity contribution < 1.29 is 0 Å². The summed E-state index contributed by atoms with van der Waals surface area (Å²) in [5.41, 5.74) is 2.67. The normalized spacial score (nSPS) is 17.0. The summed E-state index contributed by atoms with van der Waals surface area (Å²) < 4.78 is 2.31. The van der Waals surface area contributed by atoms with E-state index in [4.69, 9.17) is 0 Å². The van der Waals surface area contributed by atoms with Gasteiger partial charge in [-0.25, -0.2) is 0 Å². The highest BCUT2D eigenvalue weighted by molar-refractivity contribution is 9.11. The molecule has 0 amide bonds. The number of rotatable bonds is 5. The number of anilines is 1. The van der Waals surface area contributed by atoms with E-state index in [0.29, 0.717) is 0 Å². The van der Waals surface area contributed by atoms with Crippen molar-refractivity contribution in [3.05, 3.63) is 26.6 Å². The van der Waals surface area contributed by atoms with E-state index in [-0.39, 0.29) is 0 Å². The van der Waals surface area contributed by atoms with Crippen LogP contribution in [-0.4, -0.2) is 26.2 Å². The molecule has 0 aliphatic heterocycles. The molecule has 1 fully saturated rings. The van der Waals surface area contributed by atoms with Gasteiger partial charge in [0, 0.05) is 27.2 Å². The van der Waals surface area contributed by atoms with Gasteiger partial charge >= 0.3 is 0 Å². The van der Waals surface area contributed by atoms with Gasteiger partial charge in [-0.2, -0.15) is 0 Å². The van der Waals surface area contributed by atoms with Crippen molar-refractivity contribution in [1.29, 1.82) is 0 Å². The number of hydrogen-bond acceptors (Lipinski definition) is 2. The molecule has 5 heteroatoms. The Balaban J connectivity index is 2.20. The summed E-state index contributed by atoms with van der Waals surface area (Å²) in [5, 5.41) is 0. The molecule has 1 aromatic rings. The van der Waals surface area contributed by atoms with Crippen LogP contribution in [0.5, 0.6) is 0 Å². The minimum atomic E-state index is -1.38. The molecule has 2 rings (SSSR count). The smallest absolute Gasteiger partial charge is 0.144 e. The van der Waals surface area contributed by atoms with Gasteiger partial charge in [0.2, 0.25) is 0 Å². The average Bonchev–Trinajstić information content (AvgIpc) is 2.42. The van der Waals surface area contributed by atoms with Crippen LogP contribution in [0.2, 0.25) is 19.6 Å². The van der Waals surface area contributed by atoms with Gasteiger partial charge in [0.15, 0.2) is 0 Å². The highest BCUT2D eigenvalue weighted by Gasteiger charge is 2.22. The highest BCUT2D eigenvalue weighted by atomic mass is 79.9. The van der Waals surface area contributed by atoms with Gasteiger partial charge in [0.1, 0.15) is 8.24 Å². The second-order valence-corrected chi connectivity index (χ2v) is 14.0. The van der Waals surface area contributed by atoms with Gasteiger partial charge < -0.3 is 4.98 Å². The van der Waals surface area contributed by atoms with Crippen LogP contribution in [0.15, 0.2) is 21.1 Å². The fourth-order valence-corrected chi connectivity index (χ4v) is 5.83. The molecule has 0 heterocycles. The van der Waals surface area contributed by atoms with Crippen molar-refractivity contribution in [1.82, 2.24) is 4.90 Å². The Morgan fingerprint density at radius 1 is 1.14 bits per heavy atom. The topological polar surface area (TPSA) is 15.3 Å². The fraction of sp³-hybridized carbons (Fsp3) is 0.647. The van der Waals surface area contributed by atoms with Crippen LogP contribution in [0.3, 0.4) is 0 Å². The zero-order chi connectivity index (χ0) is 16.3. The lowest BCUT2D eigenvalue weighted by molar-refractivity contribution is 0.185. The molecule has 0 saturated heterocycles. The Bertz CT molecular complexity index is 508. The predicted octanol–water partition coefficient (Wildman–Crippen LogP) is 6.22. The van der Waals surface area contributed by atoms with Crippen molar-refractivity contribution in [2.45, 2.75) is 64.3 Å². The van der Waals surface area contributed by atoms with Crippen LogP contribution in [0.25, 0.3) is 0 Å². The number of hydrogen-bond donors (Lipinski definition) is 1. The minimum absolute atomic E-state index is 0.742. The van der Waals surface area contributed by atoms with Crippen LogP contribution in [-0.2, 0) is 6.54 Å². The molecular weight excluding hydrogens is 420 g/mol. The quantitative estimate of drug-likeness (QED) is 0.538. The lowest BCUT2D eigenvalue weighted by Gasteiger charge is -2.32. The summed E-state index contributed by atoms with van der Waals surface area (Å²) in [7, 11) is 0.898. The van der Waals surface area contributed by atoms with Crippen LogP contribution >= 0.6 is 31.9 Å². The Kier molecular flexibility index (Phi) is 6.57. The first-order valence-corrected chi connectivity index (χ1v) is 13.3. The average molecular weight is 448 g/mol. The van der Waals surface area contributed by atoms with Crippen molar-refractivity contribution >= 4 is 45.8 Å². The monoisotopic (exact) mass is 446 g/mol. The Morgan fingerprint density at radius 3 is 2.36 bits per heavy atom.